The second-order valence-corrected chi connectivity index (χ2v) is 3.98. The van der Waals surface area contributed by atoms with Gasteiger partial charge in [-0.15, -0.1) is 16.7 Å². The number of rotatable bonds is 4. The summed E-state index contributed by atoms with van der Waals surface area (Å²) in [6.45, 7) is 0. The van der Waals surface area contributed by atoms with Crippen LogP contribution in [0.4, 0.5) is 16.1 Å². The van der Waals surface area contributed by atoms with Crippen LogP contribution in [0.5, 0.6) is 0 Å². The average molecular weight is 276 g/mol. The third-order valence-corrected chi connectivity index (χ3v) is 2.44. The van der Waals surface area contributed by atoms with Gasteiger partial charge in [-0.1, -0.05) is 16.7 Å². The van der Waals surface area contributed by atoms with Gasteiger partial charge in [0.25, 0.3) is 0 Å². The number of hydrogen-bond acceptors (Lipinski definition) is 4. The Morgan fingerprint density at radius 3 is 2.88 bits per heavy atom. The van der Waals surface area contributed by atoms with Gasteiger partial charge in [-0.25, -0.2) is 4.39 Å². The van der Waals surface area contributed by atoms with E-state index in [4.69, 9.17) is 27.6 Å². The zero-order valence-electron chi connectivity index (χ0n) is 8.58. The molecule has 1 aromatic heterocycles. The fourth-order valence-electron chi connectivity index (χ4n) is 1.18. The first-order chi connectivity index (χ1) is 8.19. The molecule has 0 radical (unpaired) electrons. The Labute approximate surface area is 107 Å². The normalized spacial score (nSPS) is 10.5. The molecule has 0 saturated carbocycles. The third kappa shape index (κ3) is 3.08. The Morgan fingerprint density at radius 2 is 2.18 bits per heavy atom. The molecule has 1 N–H and O–H groups in total. The molecule has 0 amide bonds. The number of alkyl halides is 1. The van der Waals surface area contributed by atoms with E-state index in [9.17, 15) is 4.39 Å². The van der Waals surface area contributed by atoms with E-state index in [-0.39, 0.29) is 11.0 Å². The van der Waals surface area contributed by atoms with Gasteiger partial charge in [0.15, 0.2) is 0 Å². The molecule has 90 valence electrons. The van der Waals surface area contributed by atoms with E-state index in [1.54, 1.807) is 6.07 Å². The van der Waals surface area contributed by atoms with Crippen molar-refractivity contribution in [2.75, 3.05) is 11.2 Å². The van der Waals surface area contributed by atoms with Gasteiger partial charge in [0.05, 0.1) is 5.02 Å². The van der Waals surface area contributed by atoms with Crippen molar-refractivity contribution in [3.05, 3.63) is 34.9 Å². The van der Waals surface area contributed by atoms with Gasteiger partial charge in [-0.05, 0) is 18.2 Å². The molecule has 0 atom stereocenters. The summed E-state index contributed by atoms with van der Waals surface area (Å²) in [6.07, 6.45) is 0.491. The number of anilines is 2. The average Bonchev–Trinajstić information content (AvgIpc) is 2.72. The molecule has 1 aromatic carbocycles. The van der Waals surface area contributed by atoms with Gasteiger partial charge in [-0.2, -0.15) is 0 Å². The maximum Gasteiger partial charge on any atom is 0.320 e. The van der Waals surface area contributed by atoms with Gasteiger partial charge < -0.3 is 9.73 Å². The minimum Gasteiger partial charge on any atom is -0.408 e. The molecule has 17 heavy (non-hydrogen) atoms. The molecule has 0 bridgehead atoms. The number of hydrogen-bond donors (Lipinski definition) is 1. The summed E-state index contributed by atoms with van der Waals surface area (Å²) in [5, 5.41) is 10.3. The molecule has 0 aliphatic heterocycles. The Hall–Kier alpha value is -1.33. The van der Waals surface area contributed by atoms with Gasteiger partial charge >= 0.3 is 6.01 Å². The van der Waals surface area contributed by atoms with Crippen LogP contribution in [0.15, 0.2) is 22.6 Å². The second-order valence-electron chi connectivity index (χ2n) is 3.19. The second kappa shape index (κ2) is 5.33. The van der Waals surface area contributed by atoms with Gasteiger partial charge in [-0.3, -0.25) is 0 Å². The zero-order valence-corrected chi connectivity index (χ0v) is 10.1. The lowest BCUT2D eigenvalue weighted by molar-refractivity contribution is 0.516. The van der Waals surface area contributed by atoms with Crippen molar-refractivity contribution < 1.29 is 8.81 Å². The molecule has 1 heterocycles. The topological polar surface area (TPSA) is 51.0 Å². The SMILES string of the molecule is Fc1cc(Nc2nnc(CCCl)o2)ccc1Cl. The van der Waals surface area contributed by atoms with Crippen molar-refractivity contribution in [2.24, 2.45) is 0 Å². The number of aryl methyl sites for hydroxylation is 1. The first-order valence-electron chi connectivity index (χ1n) is 4.79. The molecule has 0 saturated heterocycles. The van der Waals surface area contributed by atoms with Crippen LogP contribution < -0.4 is 5.32 Å². The summed E-state index contributed by atoms with van der Waals surface area (Å²) in [5.74, 6) is 0.311. The molecule has 0 unspecified atom stereocenters. The smallest absolute Gasteiger partial charge is 0.320 e. The van der Waals surface area contributed by atoms with Crippen LogP contribution in [0.3, 0.4) is 0 Å². The van der Waals surface area contributed by atoms with Gasteiger partial charge in [0.2, 0.25) is 5.89 Å². The molecule has 2 aromatic rings. The molecule has 0 aliphatic carbocycles. The van der Waals surface area contributed by atoms with Crippen molar-refractivity contribution in [3.63, 3.8) is 0 Å². The minimum atomic E-state index is -0.517. The molecular weight excluding hydrogens is 268 g/mol. The van der Waals surface area contributed by atoms with Crippen LogP contribution in [-0.2, 0) is 6.42 Å². The highest BCUT2D eigenvalue weighted by Gasteiger charge is 2.07. The highest BCUT2D eigenvalue weighted by atomic mass is 35.5. The predicted octanol–water partition coefficient (Wildman–Crippen LogP) is 3.39. The van der Waals surface area contributed by atoms with E-state index in [0.717, 1.165) is 0 Å². The molecule has 0 fully saturated rings. The van der Waals surface area contributed by atoms with E-state index in [1.165, 1.54) is 12.1 Å². The molecule has 4 nitrogen and oxygen atoms in total. The summed E-state index contributed by atoms with van der Waals surface area (Å²) >= 11 is 11.1. The van der Waals surface area contributed by atoms with Gasteiger partial charge in [0, 0.05) is 18.0 Å². The summed E-state index contributed by atoms with van der Waals surface area (Å²) < 4.78 is 18.4. The summed E-state index contributed by atoms with van der Waals surface area (Å²) in [4.78, 5) is 0. The van der Waals surface area contributed by atoms with Crippen LogP contribution in [0, 0.1) is 5.82 Å². The first kappa shape index (κ1) is 12.1. The maximum atomic E-state index is 13.2. The fourth-order valence-corrected chi connectivity index (χ4v) is 1.46. The Kier molecular flexibility index (Phi) is 3.81. The van der Waals surface area contributed by atoms with Crippen molar-refractivity contribution in [1.29, 1.82) is 0 Å². The lowest BCUT2D eigenvalue weighted by Crippen LogP contribution is -1.91. The number of halogens is 3. The van der Waals surface area contributed by atoms with Crippen LogP contribution in [0.1, 0.15) is 5.89 Å². The number of aromatic nitrogens is 2. The molecule has 7 heteroatoms. The van der Waals surface area contributed by atoms with E-state index in [0.29, 0.717) is 23.9 Å². The fraction of sp³-hybridized carbons (Fsp3) is 0.200. The predicted molar refractivity (Wildman–Crippen MR) is 63.4 cm³/mol. The van der Waals surface area contributed by atoms with Crippen molar-refractivity contribution in [2.45, 2.75) is 6.42 Å². The van der Waals surface area contributed by atoms with Crippen LogP contribution in [0.25, 0.3) is 0 Å². The number of nitrogens with zero attached hydrogens (tertiary/aromatic N) is 2. The first-order valence-corrected chi connectivity index (χ1v) is 5.70. The van der Waals surface area contributed by atoms with Gasteiger partial charge in [0.1, 0.15) is 5.82 Å². The zero-order chi connectivity index (χ0) is 12.3. The number of benzene rings is 1. The molecule has 2 rings (SSSR count). The Morgan fingerprint density at radius 1 is 1.35 bits per heavy atom. The minimum absolute atomic E-state index is 0.0592. The molecule has 0 spiro atoms. The highest BCUT2D eigenvalue weighted by Crippen LogP contribution is 2.21. The molecule has 0 aliphatic rings. The largest absolute Gasteiger partial charge is 0.408 e. The summed E-state index contributed by atoms with van der Waals surface area (Å²) in [5.41, 5.74) is 0.480. The molecular formula is C10H8Cl2FN3O. The standard InChI is InChI=1S/C10H8Cl2FN3O/c11-4-3-9-15-16-10(17-9)14-6-1-2-7(12)8(13)5-6/h1-2,5H,3-4H2,(H,14,16). The quantitative estimate of drug-likeness (QED) is 0.869. The number of nitrogens with one attached hydrogen (secondary N) is 1. The maximum absolute atomic E-state index is 13.2. The van der Waals surface area contributed by atoms with Crippen LogP contribution >= 0.6 is 23.2 Å². The van der Waals surface area contributed by atoms with E-state index >= 15 is 0 Å². The van der Waals surface area contributed by atoms with Crippen molar-refractivity contribution in [3.8, 4) is 0 Å². The summed E-state index contributed by atoms with van der Waals surface area (Å²) in [6, 6.07) is 4.48. The Balaban J connectivity index is 2.11. The summed E-state index contributed by atoms with van der Waals surface area (Å²) in [7, 11) is 0. The lowest BCUT2D eigenvalue weighted by atomic mass is 10.3. The van der Waals surface area contributed by atoms with Crippen molar-refractivity contribution in [1.82, 2.24) is 10.2 Å². The van der Waals surface area contributed by atoms with E-state index < -0.39 is 5.82 Å². The van der Waals surface area contributed by atoms with Crippen LogP contribution in [-0.4, -0.2) is 16.1 Å². The third-order valence-electron chi connectivity index (χ3n) is 1.95. The Bertz CT molecular complexity index is 518. The highest BCUT2D eigenvalue weighted by molar-refractivity contribution is 6.30. The monoisotopic (exact) mass is 275 g/mol. The van der Waals surface area contributed by atoms with Crippen LogP contribution in [0.2, 0.25) is 5.02 Å². The lowest BCUT2D eigenvalue weighted by Gasteiger charge is -2.01. The van der Waals surface area contributed by atoms with Crippen molar-refractivity contribution >= 4 is 34.9 Å². The van der Waals surface area contributed by atoms with E-state index in [2.05, 4.69) is 15.5 Å². The van der Waals surface area contributed by atoms with E-state index in [1.807, 2.05) is 0 Å².